The van der Waals surface area contributed by atoms with Crippen LogP contribution in [0, 0.1) is 17.0 Å². The molecule has 98 valence electrons. The first-order valence-corrected chi connectivity index (χ1v) is 5.31. The van der Waals surface area contributed by atoms with Gasteiger partial charge >= 0.3 is 5.69 Å². The molecule has 3 N–H and O–H groups in total. The van der Waals surface area contributed by atoms with Gasteiger partial charge in [-0.2, -0.15) is 0 Å². The second-order valence-corrected chi connectivity index (χ2v) is 3.72. The Bertz CT molecular complexity index is 617. The predicted octanol–water partition coefficient (Wildman–Crippen LogP) is 1.77. The zero-order valence-electron chi connectivity index (χ0n) is 10.0. The van der Waals surface area contributed by atoms with Gasteiger partial charge in [0, 0.05) is 12.1 Å². The van der Waals surface area contributed by atoms with Crippen LogP contribution in [-0.2, 0) is 0 Å². The fourth-order valence-electron chi connectivity index (χ4n) is 1.44. The summed E-state index contributed by atoms with van der Waals surface area (Å²) in [6.07, 6.45) is 1.24. The number of nitrogens with zero attached hydrogens (tertiary/aromatic N) is 3. The number of nitro groups is 1. The second kappa shape index (κ2) is 5.27. The van der Waals surface area contributed by atoms with Crippen molar-refractivity contribution in [2.45, 2.75) is 6.92 Å². The fraction of sp³-hybridized carbons (Fsp3) is 0.0909. The predicted molar refractivity (Wildman–Crippen MR) is 67.7 cm³/mol. The molecular weight excluding hydrogens is 250 g/mol. The van der Waals surface area contributed by atoms with Crippen molar-refractivity contribution in [3.05, 3.63) is 46.3 Å². The lowest BCUT2D eigenvalue weighted by atomic mass is 10.2. The van der Waals surface area contributed by atoms with Gasteiger partial charge in [0.25, 0.3) is 0 Å². The van der Waals surface area contributed by atoms with E-state index in [1.165, 1.54) is 18.5 Å². The lowest BCUT2D eigenvalue weighted by Crippen LogP contribution is -2.08. The minimum absolute atomic E-state index is 0.117. The molecular formula is C11H11N5O3. The molecule has 2 rings (SSSR count). The molecule has 0 unspecified atom stereocenters. The first-order valence-electron chi connectivity index (χ1n) is 5.31. The zero-order valence-corrected chi connectivity index (χ0v) is 10.0. The van der Waals surface area contributed by atoms with Crippen molar-refractivity contribution >= 4 is 11.5 Å². The maximum Gasteiger partial charge on any atom is 0.311 e. The van der Waals surface area contributed by atoms with Crippen molar-refractivity contribution in [2.24, 2.45) is 5.84 Å². The molecule has 19 heavy (non-hydrogen) atoms. The number of benzene rings is 1. The minimum atomic E-state index is -0.516. The molecule has 0 saturated heterocycles. The Balaban J connectivity index is 2.36. The molecule has 0 aliphatic heterocycles. The summed E-state index contributed by atoms with van der Waals surface area (Å²) in [5.74, 6) is 5.84. The molecule has 8 nitrogen and oxygen atoms in total. The molecule has 0 aliphatic carbocycles. The van der Waals surface area contributed by atoms with Gasteiger partial charge in [0.05, 0.1) is 4.92 Å². The van der Waals surface area contributed by atoms with Crippen LogP contribution in [0.4, 0.5) is 11.5 Å². The standard InChI is InChI=1S/C11H11N5O3/c1-7-2-3-8(16(17)18)9(4-7)19-11-5-10(15-12)13-6-14-11/h2-6H,12H2,1H3,(H,13,14,15). The highest BCUT2D eigenvalue weighted by Crippen LogP contribution is 2.31. The largest absolute Gasteiger partial charge is 0.432 e. The lowest BCUT2D eigenvalue weighted by Gasteiger charge is -2.07. The van der Waals surface area contributed by atoms with E-state index in [0.29, 0.717) is 5.82 Å². The highest BCUT2D eigenvalue weighted by Gasteiger charge is 2.16. The van der Waals surface area contributed by atoms with Gasteiger partial charge in [-0.05, 0) is 18.6 Å². The molecule has 0 bridgehead atoms. The van der Waals surface area contributed by atoms with E-state index in [0.717, 1.165) is 5.56 Å². The average molecular weight is 261 g/mol. The van der Waals surface area contributed by atoms with Crippen LogP contribution in [-0.4, -0.2) is 14.9 Å². The van der Waals surface area contributed by atoms with Crippen LogP contribution in [0.5, 0.6) is 11.6 Å². The smallest absolute Gasteiger partial charge is 0.311 e. The summed E-state index contributed by atoms with van der Waals surface area (Å²) < 4.78 is 5.41. The number of hydrogen-bond donors (Lipinski definition) is 2. The lowest BCUT2D eigenvalue weighted by molar-refractivity contribution is -0.385. The Hall–Kier alpha value is -2.74. The molecule has 0 spiro atoms. The SMILES string of the molecule is Cc1ccc([N+](=O)[O-])c(Oc2cc(NN)ncn2)c1. The number of nitrogen functional groups attached to an aromatic ring is 1. The maximum atomic E-state index is 10.9. The van der Waals surface area contributed by atoms with Crippen LogP contribution in [0.25, 0.3) is 0 Å². The molecule has 0 atom stereocenters. The Labute approximate surface area is 108 Å². The average Bonchev–Trinajstić information content (AvgIpc) is 2.38. The van der Waals surface area contributed by atoms with Crippen molar-refractivity contribution in [3.8, 4) is 11.6 Å². The monoisotopic (exact) mass is 261 g/mol. The van der Waals surface area contributed by atoms with E-state index in [4.69, 9.17) is 10.6 Å². The third-order valence-corrected chi connectivity index (χ3v) is 2.32. The number of rotatable bonds is 4. The Morgan fingerprint density at radius 1 is 1.37 bits per heavy atom. The molecule has 0 amide bonds. The first kappa shape index (κ1) is 12.7. The summed E-state index contributed by atoms with van der Waals surface area (Å²) in [7, 11) is 0. The maximum absolute atomic E-state index is 10.9. The summed E-state index contributed by atoms with van der Waals surface area (Å²) >= 11 is 0. The molecule has 0 aliphatic rings. The quantitative estimate of drug-likeness (QED) is 0.489. The van der Waals surface area contributed by atoms with E-state index >= 15 is 0 Å². The molecule has 2 aromatic rings. The van der Waals surface area contributed by atoms with E-state index in [2.05, 4.69) is 15.4 Å². The third kappa shape index (κ3) is 2.93. The van der Waals surface area contributed by atoms with Gasteiger partial charge in [-0.3, -0.25) is 10.1 Å². The third-order valence-electron chi connectivity index (χ3n) is 2.32. The highest BCUT2D eigenvalue weighted by atomic mass is 16.6. The van der Waals surface area contributed by atoms with Crippen molar-refractivity contribution in [2.75, 3.05) is 5.43 Å². The number of aryl methyl sites for hydroxylation is 1. The number of ether oxygens (including phenoxy) is 1. The molecule has 1 heterocycles. The summed E-state index contributed by atoms with van der Waals surface area (Å²) in [5.41, 5.74) is 3.04. The summed E-state index contributed by atoms with van der Waals surface area (Å²) in [6.45, 7) is 1.81. The molecule has 0 fully saturated rings. The number of hydrazine groups is 1. The van der Waals surface area contributed by atoms with Crippen LogP contribution < -0.4 is 16.0 Å². The van der Waals surface area contributed by atoms with Crippen molar-refractivity contribution in [1.82, 2.24) is 9.97 Å². The molecule has 1 aromatic carbocycles. The van der Waals surface area contributed by atoms with Gasteiger partial charge in [-0.1, -0.05) is 6.07 Å². The van der Waals surface area contributed by atoms with Crippen LogP contribution in [0.2, 0.25) is 0 Å². The second-order valence-electron chi connectivity index (χ2n) is 3.72. The van der Waals surface area contributed by atoms with Crippen LogP contribution in [0.15, 0.2) is 30.6 Å². The van der Waals surface area contributed by atoms with E-state index in [9.17, 15) is 10.1 Å². The molecule has 1 aromatic heterocycles. The van der Waals surface area contributed by atoms with Gasteiger partial charge in [-0.25, -0.2) is 15.8 Å². The van der Waals surface area contributed by atoms with Gasteiger partial charge in [0.1, 0.15) is 12.1 Å². The Morgan fingerprint density at radius 3 is 2.84 bits per heavy atom. The number of anilines is 1. The number of nitrogens with one attached hydrogen (secondary N) is 1. The summed E-state index contributed by atoms with van der Waals surface area (Å²) in [4.78, 5) is 18.1. The minimum Gasteiger partial charge on any atom is -0.432 e. The first-order chi connectivity index (χ1) is 9.10. The van der Waals surface area contributed by atoms with Gasteiger partial charge < -0.3 is 10.2 Å². The normalized spacial score (nSPS) is 10.0. The fourth-order valence-corrected chi connectivity index (χ4v) is 1.44. The topological polar surface area (TPSA) is 116 Å². The van der Waals surface area contributed by atoms with E-state index in [1.54, 1.807) is 12.1 Å². The number of hydrogen-bond acceptors (Lipinski definition) is 7. The van der Waals surface area contributed by atoms with Crippen LogP contribution in [0.3, 0.4) is 0 Å². The zero-order chi connectivity index (χ0) is 13.8. The van der Waals surface area contributed by atoms with Gasteiger partial charge in [-0.15, -0.1) is 0 Å². The van der Waals surface area contributed by atoms with Crippen molar-refractivity contribution in [1.29, 1.82) is 0 Å². The van der Waals surface area contributed by atoms with Crippen molar-refractivity contribution in [3.63, 3.8) is 0 Å². The van der Waals surface area contributed by atoms with E-state index < -0.39 is 4.92 Å². The molecule has 0 saturated carbocycles. The summed E-state index contributed by atoms with van der Waals surface area (Å²) in [6, 6.07) is 6.02. The van der Waals surface area contributed by atoms with Crippen LogP contribution in [0.1, 0.15) is 5.56 Å². The van der Waals surface area contributed by atoms with E-state index in [-0.39, 0.29) is 17.3 Å². The number of nitro benzene ring substituents is 1. The van der Waals surface area contributed by atoms with Crippen molar-refractivity contribution < 1.29 is 9.66 Å². The highest BCUT2D eigenvalue weighted by molar-refractivity contribution is 5.50. The number of nitrogens with two attached hydrogens (primary N) is 1. The number of aromatic nitrogens is 2. The summed E-state index contributed by atoms with van der Waals surface area (Å²) in [5, 5.41) is 10.9. The molecule has 8 heteroatoms. The van der Waals surface area contributed by atoms with Crippen LogP contribution >= 0.6 is 0 Å². The van der Waals surface area contributed by atoms with Gasteiger partial charge in [0.2, 0.25) is 11.6 Å². The van der Waals surface area contributed by atoms with Gasteiger partial charge in [0.15, 0.2) is 0 Å². The Morgan fingerprint density at radius 2 is 2.16 bits per heavy atom. The molecule has 0 radical (unpaired) electrons. The van der Waals surface area contributed by atoms with E-state index in [1.807, 2.05) is 6.92 Å². The Kier molecular flexibility index (Phi) is 3.53.